The van der Waals surface area contributed by atoms with Crippen molar-refractivity contribution in [1.82, 2.24) is 0 Å². The van der Waals surface area contributed by atoms with Gasteiger partial charge < -0.3 is 19.7 Å². The van der Waals surface area contributed by atoms with Gasteiger partial charge in [0.1, 0.15) is 0 Å². The number of ether oxygens (including phenoxy) is 2. The second-order valence-electron chi connectivity index (χ2n) is 5.87. The third-order valence-electron chi connectivity index (χ3n) is 3.47. The minimum absolute atomic E-state index is 0. The molecule has 0 heterocycles. The summed E-state index contributed by atoms with van der Waals surface area (Å²) in [7, 11) is 3.07. The summed E-state index contributed by atoms with van der Waals surface area (Å²) in [6.07, 6.45) is 2.15. The predicted octanol–water partition coefficient (Wildman–Crippen LogP) is 5.97. The van der Waals surface area contributed by atoms with Crippen molar-refractivity contribution in [1.29, 1.82) is 0 Å². The van der Waals surface area contributed by atoms with Crippen LogP contribution in [-0.4, -0.2) is 36.0 Å². The van der Waals surface area contributed by atoms with Crippen molar-refractivity contribution in [3.05, 3.63) is 72.8 Å². The number of carbonyl (C=O) groups is 2. The van der Waals surface area contributed by atoms with E-state index in [1.54, 1.807) is 24.3 Å². The van der Waals surface area contributed by atoms with Crippen LogP contribution in [0.3, 0.4) is 0 Å². The van der Waals surface area contributed by atoms with Gasteiger partial charge in [-0.25, -0.2) is 0 Å². The van der Waals surface area contributed by atoms with Gasteiger partial charge in [0, 0.05) is 0 Å². The van der Waals surface area contributed by atoms with Crippen molar-refractivity contribution >= 4 is 11.6 Å². The van der Waals surface area contributed by atoms with Crippen molar-refractivity contribution < 1.29 is 29.3 Å². The van der Waals surface area contributed by atoms with E-state index < -0.39 is 0 Å². The summed E-state index contributed by atoms with van der Waals surface area (Å²) in [5, 5.41) is 18.2. The van der Waals surface area contributed by atoms with E-state index in [4.69, 9.17) is 19.7 Å². The van der Waals surface area contributed by atoms with Crippen molar-refractivity contribution in [2.45, 2.75) is 41.5 Å². The molecular weight excluding hydrogens is 408 g/mol. The summed E-state index contributed by atoms with van der Waals surface area (Å²) in [5.41, 5.74) is 2.16. The first-order valence-electron chi connectivity index (χ1n) is 9.66. The number of ketones is 2. The van der Waals surface area contributed by atoms with Crippen LogP contribution in [0.2, 0.25) is 0 Å². The zero-order chi connectivity index (χ0) is 24.4. The van der Waals surface area contributed by atoms with E-state index in [0.29, 0.717) is 11.5 Å². The monoisotopic (exact) mass is 446 g/mol. The minimum atomic E-state index is -0.264. The van der Waals surface area contributed by atoms with Gasteiger partial charge in [-0.3, -0.25) is 9.59 Å². The zero-order valence-corrected chi connectivity index (χ0v) is 19.3. The molecule has 0 aliphatic carbocycles. The summed E-state index contributed by atoms with van der Waals surface area (Å²) < 4.78 is 9.75. The van der Waals surface area contributed by atoms with Crippen LogP contribution in [0, 0.1) is 13.8 Å². The molecule has 6 heteroatoms. The van der Waals surface area contributed by atoms with E-state index in [1.165, 1.54) is 14.2 Å². The van der Waals surface area contributed by atoms with E-state index in [9.17, 15) is 9.59 Å². The lowest BCUT2D eigenvalue weighted by Crippen LogP contribution is -2.00. The molecule has 178 valence electrons. The topological polar surface area (TPSA) is 93.1 Å². The van der Waals surface area contributed by atoms with Crippen LogP contribution in [0.15, 0.2) is 61.7 Å². The largest absolute Gasteiger partial charge is 0.504 e. The van der Waals surface area contributed by atoms with E-state index >= 15 is 0 Å². The van der Waals surface area contributed by atoms with Crippen molar-refractivity contribution in [3.8, 4) is 23.0 Å². The molecule has 2 N–H and O–H groups in total. The molecule has 2 aromatic rings. The lowest BCUT2D eigenvalue weighted by atomic mass is 10.2. The highest BCUT2D eigenvalue weighted by Gasteiger charge is 2.00. The van der Waals surface area contributed by atoms with Gasteiger partial charge in [-0.2, -0.15) is 0 Å². The molecule has 2 rings (SSSR count). The molecule has 32 heavy (non-hydrogen) atoms. The fraction of sp³-hybridized carbons (Fsp3) is 0.308. The molecule has 0 unspecified atom stereocenters. The summed E-state index contributed by atoms with van der Waals surface area (Å²) in [6.45, 7) is 14.3. The number of allylic oxidation sites excluding steroid dienone is 2. The van der Waals surface area contributed by atoms with Crippen molar-refractivity contribution in [3.63, 3.8) is 0 Å². The molecule has 0 bridgehead atoms. The van der Waals surface area contributed by atoms with Crippen LogP contribution >= 0.6 is 0 Å². The first-order valence-corrected chi connectivity index (χ1v) is 9.66. The molecule has 0 amide bonds. The Morgan fingerprint density at radius 2 is 1.12 bits per heavy atom. The Labute approximate surface area is 192 Å². The highest BCUT2D eigenvalue weighted by Crippen LogP contribution is 2.26. The van der Waals surface area contributed by atoms with Crippen molar-refractivity contribution in [2.24, 2.45) is 0 Å². The molecule has 0 saturated heterocycles. The van der Waals surface area contributed by atoms with Crippen LogP contribution in [0.1, 0.15) is 38.8 Å². The quantitative estimate of drug-likeness (QED) is 0.420. The fourth-order valence-corrected chi connectivity index (χ4v) is 1.89. The number of benzene rings is 2. The SMILES string of the molecule is C.C=CC(=O)CC(=O)C=C.CC.COc1cc(C)ccc1O.COc1cc(C)ccc1O. The Bertz CT molecular complexity index is 771. The molecular formula is C26H38O6. The minimum Gasteiger partial charge on any atom is -0.504 e. The number of aryl methyl sites for hydroxylation is 2. The molecule has 0 aliphatic heterocycles. The van der Waals surface area contributed by atoms with E-state index in [1.807, 2.05) is 39.8 Å². The molecule has 0 aromatic heterocycles. The van der Waals surface area contributed by atoms with Crippen LogP contribution < -0.4 is 9.47 Å². The molecule has 6 nitrogen and oxygen atoms in total. The molecule has 0 spiro atoms. The Hall–Kier alpha value is -3.54. The van der Waals surface area contributed by atoms with Gasteiger partial charge in [-0.15, -0.1) is 0 Å². The van der Waals surface area contributed by atoms with Crippen molar-refractivity contribution in [2.75, 3.05) is 14.2 Å². The standard InChI is InChI=1S/2C8H10O2.C7H8O2.C2H6.CH4/c2*1-6-3-4-7(9)8(5-6)10-2;1-3-6(8)5-7(9)4-2;1-2;/h2*3-5,9H,1-2H3;3-4H,1-2,5H2;1-2H3;1H4. The van der Waals surface area contributed by atoms with Gasteiger partial charge >= 0.3 is 0 Å². The summed E-state index contributed by atoms with van der Waals surface area (Å²) in [5.74, 6) is 0.904. The lowest BCUT2D eigenvalue weighted by molar-refractivity contribution is -0.121. The maximum Gasteiger partial charge on any atom is 0.162 e. The molecule has 0 saturated carbocycles. The number of methoxy groups -OCH3 is 2. The maximum atomic E-state index is 10.4. The smallest absolute Gasteiger partial charge is 0.162 e. The summed E-state index contributed by atoms with van der Waals surface area (Å²) in [4.78, 5) is 20.8. The summed E-state index contributed by atoms with van der Waals surface area (Å²) in [6, 6.07) is 10.5. The Balaban J connectivity index is -0.000000374. The Morgan fingerprint density at radius 3 is 1.34 bits per heavy atom. The molecule has 0 radical (unpaired) electrons. The lowest BCUT2D eigenvalue weighted by Gasteiger charge is -2.02. The van der Waals surface area contributed by atoms with Gasteiger partial charge in [0.15, 0.2) is 34.6 Å². The first kappa shape index (κ1) is 33.1. The van der Waals surface area contributed by atoms with Gasteiger partial charge in [0.05, 0.1) is 20.6 Å². The fourth-order valence-electron chi connectivity index (χ4n) is 1.89. The van der Waals surface area contributed by atoms with Gasteiger partial charge in [-0.05, 0) is 61.4 Å². The zero-order valence-electron chi connectivity index (χ0n) is 19.3. The van der Waals surface area contributed by atoms with Gasteiger partial charge in [0.25, 0.3) is 0 Å². The Kier molecular flexibility index (Phi) is 20.1. The normalized spacial score (nSPS) is 8.31. The number of carbonyl (C=O) groups excluding carboxylic acids is 2. The first-order chi connectivity index (χ1) is 14.7. The number of hydrogen-bond acceptors (Lipinski definition) is 6. The number of rotatable bonds is 6. The number of aromatic hydroxyl groups is 2. The maximum absolute atomic E-state index is 10.4. The van der Waals surface area contributed by atoms with Crippen LogP contribution in [0.5, 0.6) is 23.0 Å². The van der Waals surface area contributed by atoms with Crippen LogP contribution in [0.25, 0.3) is 0 Å². The van der Waals surface area contributed by atoms with Crippen LogP contribution in [0.4, 0.5) is 0 Å². The molecule has 0 aliphatic rings. The average Bonchev–Trinajstić information content (AvgIpc) is 2.79. The second-order valence-corrected chi connectivity index (χ2v) is 5.87. The summed E-state index contributed by atoms with van der Waals surface area (Å²) >= 11 is 0. The number of hydrogen-bond donors (Lipinski definition) is 2. The predicted molar refractivity (Wildman–Crippen MR) is 132 cm³/mol. The van der Waals surface area contributed by atoms with Crippen LogP contribution in [-0.2, 0) is 9.59 Å². The van der Waals surface area contributed by atoms with E-state index in [-0.39, 0.29) is 36.9 Å². The number of phenolic OH excluding ortho intramolecular Hbond substituents is 2. The Morgan fingerprint density at radius 1 is 0.812 bits per heavy atom. The molecule has 0 atom stereocenters. The third kappa shape index (κ3) is 14.4. The highest BCUT2D eigenvalue weighted by molar-refractivity contribution is 6.08. The second kappa shape index (κ2) is 19.4. The molecule has 0 fully saturated rings. The third-order valence-corrected chi connectivity index (χ3v) is 3.47. The van der Waals surface area contributed by atoms with E-state index in [2.05, 4.69) is 13.2 Å². The van der Waals surface area contributed by atoms with E-state index in [0.717, 1.165) is 23.3 Å². The average molecular weight is 447 g/mol. The molecule has 2 aromatic carbocycles. The highest BCUT2D eigenvalue weighted by atomic mass is 16.5. The van der Waals surface area contributed by atoms with Gasteiger partial charge in [-0.1, -0.05) is 46.6 Å². The number of phenols is 2. The van der Waals surface area contributed by atoms with Gasteiger partial charge in [0.2, 0.25) is 0 Å².